The van der Waals surface area contributed by atoms with E-state index in [-0.39, 0.29) is 33.8 Å². The highest BCUT2D eigenvalue weighted by Crippen LogP contribution is 2.38. The highest BCUT2D eigenvalue weighted by atomic mass is 79.9. The van der Waals surface area contributed by atoms with Crippen LogP contribution in [-0.2, 0) is 0 Å². The first-order chi connectivity index (χ1) is 35.5. The first-order valence-corrected chi connectivity index (χ1v) is 27.3. The number of unbranched alkanes of at least 4 members (excludes halogenated alkanes) is 18. The van der Waals surface area contributed by atoms with E-state index in [0.717, 1.165) is 25.7 Å². The van der Waals surface area contributed by atoms with Gasteiger partial charge in [-0.1, -0.05) is 135 Å². The van der Waals surface area contributed by atoms with Crippen molar-refractivity contribution in [3.8, 4) is 34.5 Å². The minimum atomic E-state index is -0.955. The number of ether oxygens (including phenoxy) is 6. The summed E-state index contributed by atoms with van der Waals surface area (Å²) in [6.07, 6.45) is 24.6. The second-order valence-corrected chi connectivity index (χ2v) is 19.5. The van der Waals surface area contributed by atoms with E-state index in [1.807, 2.05) is 0 Å². The molecule has 0 saturated heterocycles. The number of hydrogen-bond acceptors (Lipinski definition) is 12. The summed E-state index contributed by atoms with van der Waals surface area (Å²) in [6, 6.07) is 24.5. The van der Waals surface area contributed by atoms with E-state index in [1.165, 1.54) is 169 Å². The maximum absolute atomic E-state index is 13.2. The lowest BCUT2D eigenvalue weighted by Gasteiger charge is -2.11. The Morgan fingerprint density at radius 1 is 0.411 bits per heavy atom. The summed E-state index contributed by atoms with van der Waals surface area (Å²) in [7, 11) is 0. The van der Waals surface area contributed by atoms with E-state index in [2.05, 4.69) is 45.7 Å². The fraction of sp³-hybridized carbons (Fsp3) is 0.414. The van der Waals surface area contributed by atoms with Crippen LogP contribution in [-0.4, -0.2) is 42.0 Å². The van der Waals surface area contributed by atoms with Crippen molar-refractivity contribution in [1.29, 1.82) is 0 Å². The molecule has 73 heavy (non-hydrogen) atoms. The minimum absolute atomic E-state index is 0.00239. The molecule has 5 rings (SSSR count). The van der Waals surface area contributed by atoms with Gasteiger partial charge in [-0.3, -0.25) is 10.1 Å². The molecule has 5 aromatic rings. The van der Waals surface area contributed by atoms with E-state index < -0.39 is 46.0 Å². The van der Waals surface area contributed by atoms with Gasteiger partial charge in [0.15, 0.2) is 0 Å². The van der Waals surface area contributed by atoms with Crippen LogP contribution in [0.3, 0.4) is 0 Å². The molecule has 0 spiro atoms. The Morgan fingerprint density at radius 2 is 0.726 bits per heavy atom. The summed E-state index contributed by atoms with van der Waals surface area (Å²) in [5, 5.41) is 12.3. The average molecular weight is 1130 g/mol. The van der Waals surface area contributed by atoms with E-state index in [0.29, 0.717) is 33.7 Å². The predicted octanol–water partition coefficient (Wildman–Crippen LogP) is 16.6. The number of rotatable bonds is 33. The van der Waals surface area contributed by atoms with Gasteiger partial charge in [-0.05, 0) is 142 Å². The Labute approximate surface area is 446 Å². The first-order valence-electron chi connectivity index (χ1n) is 25.7. The van der Waals surface area contributed by atoms with Crippen LogP contribution in [0, 0.1) is 10.1 Å². The molecule has 13 nitrogen and oxygen atoms in total. The van der Waals surface area contributed by atoms with E-state index in [1.54, 1.807) is 36.4 Å². The van der Waals surface area contributed by atoms with Crippen molar-refractivity contribution >= 4 is 61.4 Å². The second kappa shape index (κ2) is 32.2. The molecule has 0 atom stereocenters. The Hall–Kier alpha value is -6.06. The molecule has 0 radical (unpaired) electrons. The van der Waals surface area contributed by atoms with Crippen LogP contribution >= 0.6 is 31.9 Å². The average Bonchev–Trinajstić information content (AvgIpc) is 3.38. The zero-order valence-electron chi connectivity index (χ0n) is 42.0. The number of esters is 4. The van der Waals surface area contributed by atoms with Crippen molar-refractivity contribution in [2.45, 2.75) is 142 Å². The van der Waals surface area contributed by atoms with Gasteiger partial charge in [0.25, 0.3) is 0 Å². The summed E-state index contributed by atoms with van der Waals surface area (Å²) < 4.78 is 34.9. The van der Waals surface area contributed by atoms with Crippen LogP contribution in [0.25, 0.3) is 0 Å². The molecule has 0 aliphatic carbocycles. The van der Waals surface area contributed by atoms with Crippen molar-refractivity contribution in [2.75, 3.05) is 13.2 Å². The van der Waals surface area contributed by atoms with Gasteiger partial charge < -0.3 is 28.4 Å². The number of nitro benzene ring substituents is 1. The number of nitro groups is 1. The second-order valence-electron chi connectivity index (χ2n) is 17.8. The van der Waals surface area contributed by atoms with Crippen LogP contribution in [0.1, 0.15) is 184 Å². The third-order valence-electron chi connectivity index (χ3n) is 12.0. The van der Waals surface area contributed by atoms with Gasteiger partial charge in [-0.2, -0.15) is 0 Å². The zero-order chi connectivity index (χ0) is 52.2. The summed E-state index contributed by atoms with van der Waals surface area (Å²) >= 11 is 6.97. The molecule has 15 heteroatoms. The Balaban J connectivity index is 1.06. The maximum atomic E-state index is 13.2. The fourth-order valence-electron chi connectivity index (χ4n) is 7.85. The highest BCUT2D eigenvalue weighted by molar-refractivity contribution is 9.11. The largest absolute Gasteiger partial charge is 0.492 e. The summed E-state index contributed by atoms with van der Waals surface area (Å²) in [5.74, 6) is -2.59. The van der Waals surface area contributed by atoms with Crippen LogP contribution in [0.2, 0.25) is 0 Å². The zero-order valence-corrected chi connectivity index (χ0v) is 45.1. The van der Waals surface area contributed by atoms with Crippen LogP contribution in [0.15, 0.2) is 112 Å². The molecule has 0 saturated carbocycles. The molecule has 390 valence electrons. The van der Waals surface area contributed by atoms with Crippen LogP contribution in [0.4, 0.5) is 5.69 Å². The molecule has 0 aliphatic heterocycles. The topological polar surface area (TPSA) is 167 Å². The highest BCUT2D eigenvalue weighted by Gasteiger charge is 2.27. The normalized spacial score (nSPS) is 10.9. The van der Waals surface area contributed by atoms with Gasteiger partial charge in [0.1, 0.15) is 23.0 Å². The van der Waals surface area contributed by atoms with E-state index in [9.17, 15) is 29.3 Å². The van der Waals surface area contributed by atoms with Crippen molar-refractivity contribution in [3.05, 3.63) is 144 Å². The Morgan fingerprint density at radius 3 is 1.05 bits per heavy atom. The molecule has 0 bridgehead atoms. The molecular weight excluding hydrogens is 1060 g/mol. The number of carbonyl (C=O) groups excluding carboxylic acids is 4. The predicted molar refractivity (Wildman–Crippen MR) is 289 cm³/mol. The molecule has 0 aliphatic rings. The molecule has 0 unspecified atom stereocenters. The van der Waals surface area contributed by atoms with E-state index >= 15 is 0 Å². The third-order valence-corrected chi connectivity index (χ3v) is 13.2. The van der Waals surface area contributed by atoms with Crippen molar-refractivity contribution in [1.82, 2.24) is 0 Å². The van der Waals surface area contributed by atoms with Crippen molar-refractivity contribution in [2.24, 2.45) is 0 Å². The standard InChI is InChI=1S/C58H67Br2NO12/c1-3-5-7-9-11-13-15-17-19-21-38-68-50-36-30-44(40-48(50)59)57(64)70-46-32-26-42(27-33-46)55(62)72-52-24-23-25-53(54(52)61(66)67)73-56(63)43-28-34-47(35-29-43)71-58(65)45-31-37-51(49(60)41-45)69-39-22-20-18-16-14-12-10-8-6-4-2/h23-37,40-41H,3-22,38-39H2,1-2H3. The summed E-state index contributed by atoms with van der Waals surface area (Å²) in [6.45, 7) is 5.61. The Bertz CT molecular complexity index is 2380. The number of hydrogen-bond donors (Lipinski definition) is 0. The molecule has 0 fully saturated rings. The fourth-order valence-corrected chi connectivity index (χ4v) is 8.83. The number of carbonyl (C=O) groups is 4. The smallest absolute Gasteiger partial charge is 0.353 e. The number of nitrogens with zero attached hydrogens (tertiary/aromatic N) is 1. The summed E-state index contributed by atoms with van der Waals surface area (Å²) in [5.41, 5.74) is -0.212. The maximum Gasteiger partial charge on any atom is 0.353 e. The lowest BCUT2D eigenvalue weighted by Crippen LogP contribution is -2.13. The van der Waals surface area contributed by atoms with Crippen LogP contribution in [0.5, 0.6) is 34.5 Å². The minimum Gasteiger partial charge on any atom is -0.492 e. The van der Waals surface area contributed by atoms with Gasteiger partial charge >= 0.3 is 29.6 Å². The van der Waals surface area contributed by atoms with Crippen molar-refractivity contribution < 1.29 is 52.5 Å². The molecule has 0 heterocycles. The summed E-state index contributed by atoms with van der Waals surface area (Å²) in [4.78, 5) is 63.8. The number of halogens is 2. The third kappa shape index (κ3) is 20.1. The lowest BCUT2D eigenvalue weighted by atomic mass is 10.1. The van der Waals surface area contributed by atoms with Crippen LogP contribution < -0.4 is 28.4 Å². The van der Waals surface area contributed by atoms with Gasteiger partial charge in [-0.25, -0.2) is 19.2 Å². The van der Waals surface area contributed by atoms with Gasteiger partial charge in [0, 0.05) is 0 Å². The number of benzene rings is 5. The Kier molecular flexibility index (Phi) is 25.5. The van der Waals surface area contributed by atoms with Crippen molar-refractivity contribution in [3.63, 3.8) is 0 Å². The molecule has 0 aromatic heterocycles. The first kappa shape index (κ1) is 57.8. The quantitative estimate of drug-likeness (QED) is 0.0128. The SMILES string of the molecule is CCCCCCCCCCCCOc1ccc(C(=O)Oc2ccc(C(=O)Oc3cccc(OC(=O)c4ccc(OC(=O)c5ccc(OCCCCCCCCCCCC)c(Br)c5)cc4)c3[N+](=O)[O-])cc2)cc1Br. The monoisotopic (exact) mass is 1130 g/mol. The lowest BCUT2D eigenvalue weighted by molar-refractivity contribution is -0.386. The molecule has 0 amide bonds. The molecule has 5 aromatic carbocycles. The molecule has 0 N–H and O–H groups in total. The van der Waals surface area contributed by atoms with E-state index in [4.69, 9.17) is 28.4 Å². The number of para-hydroxylation sites is 1. The van der Waals surface area contributed by atoms with Gasteiger partial charge in [0.05, 0.1) is 49.3 Å². The molecular formula is C58H67Br2NO12. The van der Waals surface area contributed by atoms with Gasteiger partial charge in [-0.15, -0.1) is 0 Å². The van der Waals surface area contributed by atoms with Gasteiger partial charge in [0.2, 0.25) is 11.5 Å².